The van der Waals surface area contributed by atoms with Crippen LogP contribution >= 0.6 is 0 Å². The molecule has 1 aromatic carbocycles. The smallest absolute Gasteiger partial charge is 0.0958 e. The molecule has 0 unspecified atom stereocenters. The fourth-order valence-corrected chi connectivity index (χ4v) is 3.26. The van der Waals surface area contributed by atoms with Crippen molar-refractivity contribution in [3.63, 3.8) is 0 Å². The summed E-state index contributed by atoms with van der Waals surface area (Å²) >= 11 is 0. The molecule has 2 aromatic rings. The Bertz CT molecular complexity index is 620. The van der Waals surface area contributed by atoms with Gasteiger partial charge in [0.1, 0.15) is 0 Å². The van der Waals surface area contributed by atoms with Gasteiger partial charge in [0.15, 0.2) is 0 Å². The zero-order chi connectivity index (χ0) is 14.8. The van der Waals surface area contributed by atoms with E-state index in [9.17, 15) is 5.11 Å². The number of piperidine rings is 1. The summed E-state index contributed by atoms with van der Waals surface area (Å²) in [5.41, 5.74) is 4.90. The van der Waals surface area contributed by atoms with Gasteiger partial charge in [0.25, 0.3) is 0 Å². The molecular weight excluding hydrogens is 262 g/mol. The molecule has 2 N–H and O–H groups in total. The second kappa shape index (κ2) is 6.16. The van der Waals surface area contributed by atoms with Crippen LogP contribution in [0.25, 0.3) is 11.0 Å². The topological polar surface area (TPSA) is 50.1 Å². The van der Waals surface area contributed by atoms with Gasteiger partial charge in [0.2, 0.25) is 0 Å². The number of aromatic nitrogens is 2. The highest BCUT2D eigenvalue weighted by Gasteiger charge is 2.21. The van der Waals surface area contributed by atoms with Crippen molar-refractivity contribution >= 4 is 11.0 Å². The summed E-state index contributed by atoms with van der Waals surface area (Å²) in [6.07, 6.45) is 5.87. The lowest BCUT2D eigenvalue weighted by atomic mass is 9.97. The van der Waals surface area contributed by atoms with Crippen LogP contribution in [0.1, 0.15) is 36.8 Å². The summed E-state index contributed by atoms with van der Waals surface area (Å²) in [7, 11) is 0. The molecule has 1 aliphatic rings. The van der Waals surface area contributed by atoms with Gasteiger partial charge < -0.3 is 15.0 Å². The molecule has 2 atom stereocenters. The molecule has 0 saturated carbocycles. The first-order valence-corrected chi connectivity index (χ1v) is 7.99. The highest BCUT2D eigenvalue weighted by Crippen LogP contribution is 2.21. The third kappa shape index (κ3) is 2.97. The number of aliphatic hydroxyl groups is 1. The molecule has 114 valence electrons. The standard InChI is InChI=1S/C17H25N3O/c1-12-7-8-15-17(13(12)2)19-11-20(15)10-4-5-14-16(21)6-3-9-18-14/h7-8,11,14,16,18,21H,3-6,9-10H2,1-2H3/t14-,16+/m1/s1. The molecule has 0 bridgehead atoms. The van der Waals surface area contributed by atoms with E-state index in [1.165, 1.54) is 16.6 Å². The molecule has 1 aromatic heterocycles. The molecule has 1 aliphatic heterocycles. The second-order valence-electron chi connectivity index (χ2n) is 6.23. The van der Waals surface area contributed by atoms with Gasteiger partial charge in [-0.15, -0.1) is 0 Å². The molecule has 0 spiro atoms. The highest BCUT2D eigenvalue weighted by molar-refractivity contribution is 5.80. The molecule has 1 saturated heterocycles. The monoisotopic (exact) mass is 287 g/mol. The van der Waals surface area contributed by atoms with Crippen LogP contribution in [0.4, 0.5) is 0 Å². The summed E-state index contributed by atoms with van der Waals surface area (Å²) in [4.78, 5) is 4.56. The van der Waals surface area contributed by atoms with Crippen molar-refractivity contribution in [3.05, 3.63) is 29.6 Å². The van der Waals surface area contributed by atoms with Crippen molar-refractivity contribution in [2.45, 2.75) is 58.2 Å². The van der Waals surface area contributed by atoms with Crippen molar-refractivity contribution < 1.29 is 5.11 Å². The van der Waals surface area contributed by atoms with Gasteiger partial charge >= 0.3 is 0 Å². The first kappa shape index (κ1) is 14.5. The molecule has 0 radical (unpaired) electrons. The van der Waals surface area contributed by atoms with Crippen molar-refractivity contribution in [2.75, 3.05) is 6.54 Å². The molecule has 3 rings (SSSR count). The summed E-state index contributed by atoms with van der Waals surface area (Å²) in [6, 6.07) is 4.60. The van der Waals surface area contributed by atoms with Crippen molar-refractivity contribution in [2.24, 2.45) is 0 Å². The molecular formula is C17H25N3O. The average molecular weight is 287 g/mol. The Balaban J connectivity index is 1.64. The number of fused-ring (bicyclic) bond motifs is 1. The molecule has 1 fully saturated rings. The first-order valence-electron chi connectivity index (χ1n) is 7.99. The number of imidazole rings is 1. The van der Waals surface area contributed by atoms with Gasteiger partial charge in [-0.2, -0.15) is 0 Å². The van der Waals surface area contributed by atoms with E-state index in [0.717, 1.165) is 44.3 Å². The zero-order valence-electron chi connectivity index (χ0n) is 13.0. The number of hydrogen-bond donors (Lipinski definition) is 2. The summed E-state index contributed by atoms with van der Waals surface area (Å²) in [5.74, 6) is 0. The minimum absolute atomic E-state index is 0.178. The molecule has 4 nitrogen and oxygen atoms in total. The van der Waals surface area contributed by atoms with Crippen LogP contribution in [0.2, 0.25) is 0 Å². The lowest BCUT2D eigenvalue weighted by molar-refractivity contribution is 0.0909. The zero-order valence-corrected chi connectivity index (χ0v) is 13.0. The summed E-state index contributed by atoms with van der Waals surface area (Å²) < 4.78 is 2.23. The Labute approximate surface area is 126 Å². The van der Waals surface area contributed by atoms with E-state index in [-0.39, 0.29) is 12.1 Å². The SMILES string of the molecule is Cc1ccc2c(ncn2CCC[C@H]2NCCC[C@@H]2O)c1C. The second-order valence-corrected chi connectivity index (χ2v) is 6.23. The predicted molar refractivity (Wildman–Crippen MR) is 85.5 cm³/mol. The van der Waals surface area contributed by atoms with Gasteiger partial charge in [-0.25, -0.2) is 4.98 Å². The number of benzene rings is 1. The van der Waals surface area contributed by atoms with E-state index in [0.29, 0.717) is 0 Å². The maximum absolute atomic E-state index is 9.98. The predicted octanol–water partition coefficient (Wildman–Crippen LogP) is 2.55. The maximum Gasteiger partial charge on any atom is 0.0958 e. The lowest BCUT2D eigenvalue weighted by Crippen LogP contribution is -2.44. The Morgan fingerprint density at radius 2 is 2.24 bits per heavy atom. The minimum atomic E-state index is -0.178. The Morgan fingerprint density at radius 1 is 1.38 bits per heavy atom. The van der Waals surface area contributed by atoms with Gasteiger partial charge in [-0.3, -0.25) is 0 Å². The fourth-order valence-electron chi connectivity index (χ4n) is 3.26. The third-order valence-corrected chi connectivity index (χ3v) is 4.78. The molecule has 0 aliphatic carbocycles. The molecule has 21 heavy (non-hydrogen) atoms. The Kier molecular flexibility index (Phi) is 4.27. The van der Waals surface area contributed by atoms with Gasteiger partial charge in [-0.1, -0.05) is 6.07 Å². The molecule has 0 amide bonds. The van der Waals surface area contributed by atoms with Crippen molar-refractivity contribution in [1.29, 1.82) is 0 Å². The average Bonchev–Trinajstić information content (AvgIpc) is 2.89. The largest absolute Gasteiger partial charge is 0.392 e. The Morgan fingerprint density at radius 3 is 3.05 bits per heavy atom. The van der Waals surface area contributed by atoms with E-state index < -0.39 is 0 Å². The van der Waals surface area contributed by atoms with E-state index in [2.05, 4.69) is 40.8 Å². The Hall–Kier alpha value is -1.39. The maximum atomic E-state index is 9.98. The minimum Gasteiger partial charge on any atom is -0.392 e. The molecule has 4 heteroatoms. The van der Waals surface area contributed by atoms with Crippen LogP contribution < -0.4 is 5.32 Å². The van der Waals surface area contributed by atoms with Gasteiger partial charge in [0.05, 0.1) is 23.5 Å². The number of hydrogen-bond acceptors (Lipinski definition) is 3. The van der Waals surface area contributed by atoms with Crippen LogP contribution in [0, 0.1) is 13.8 Å². The summed E-state index contributed by atoms with van der Waals surface area (Å²) in [6.45, 7) is 6.26. The van der Waals surface area contributed by atoms with Gasteiger partial charge in [-0.05, 0) is 63.3 Å². The first-order chi connectivity index (χ1) is 10.2. The van der Waals surface area contributed by atoms with Crippen LogP contribution in [-0.2, 0) is 6.54 Å². The number of rotatable bonds is 4. The summed E-state index contributed by atoms with van der Waals surface area (Å²) in [5, 5.41) is 13.4. The van der Waals surface area contributed by atoms with Crippen LogP contribution in [0.5, 0.6) is 0 Å². The van der Waals surface area contributed by atoms with E-state index >= 15 is 0 Å². The van der Waals surface area contributed by atoms with Gasteiger partial charge in [0, 0.05) is 12.6 Å². The number of nitrogens with one attached hydrogen (secondary N) is 1. The fraction of sp³-hybridized carbons (Fsp3) is 0.588. The van der Waals surface area contributed by atoms with E-state index in [1.54, 1.807) is 0 Å². The van der Waals surface area contributed by atoms with Crippen LogP contribution in [0.3, 0.4) is 0 Å². The highest BCUT2D eigenvalue weighted by atomic mass is 16.3. The molecule has 2 heterocycles. The number of aliphatic hydroxyl groups excluding tert-OH is 1. The normalized spacial score (nSPS) is 22.8. The van der Waals surface area contributed by atoms with E-state index in [1.807, 2.05) is 6.33 Å². The lowest BCUT2D eigenvalue weighted by Gasteiger charge is -2.29. The number of aryl methyl sites for hydroxylation is 3. The van der Waals surface area contributed by atoms with Crippen molar-refractivity contribution in [1.82, 2.24) is 14.9 Å². The van der Waals surface area contributed by atoms with Crippen LogP contribution in [-0.4, -0.2) is 33.3 Å². The van der Waals surface area contributed by atoms with Crippen molar-refractivity contribution in [3.8, 4) is 0 Å². The third-order valence-electron chi connectivity index (χ3n) is 4.78. The van der Waals surface area contributed by atoms with Crippen LogP contribution in [0.15, 0.2) is 18.5 Å². The van der Waals surface area contributed by atoms with E-state index in [4.69, 9.17) is 0 Å². The quantitative estimate of drug-likeness (QED) is 0.908. The number of nitrogens with zero attached hydrogens (tertiary/aromatic N) is 2.